The van der Waals surface area contributed by atoms with Gasteiger partial charge in [-0.2, -0.15) is 13.2 Å². The van der Waals surface area contributed by atoms with Gasteiger partial charge in [0.15, 0.2) is 0 Å². The fourth-order valence-corrected chi connectivity index (χ4v) is 5.49. The van der Waals surface area contributed by atoms with Crippen molar-refractivity contribution < 1.29 is 26.4 Å². The van der Waals surface area contributed by atoms with E-state index >= 15 is 0 Å². The van der Waals surface area contributed by atoms with Crippen molar-refractivity contribution in [2.24, 2.45) is 0 Å². The van der Waals surface area contributed by atoms with E-state index in [-0.39, 0.29) is 17.1 Å². The number of amides is 1. The number of hydrogen-bond acceptors (Lipinski definition) is 4. The Morgan fingerprint density at radius 1 is 0.971 bits per heavy atom. The number of carbonyl (C=O) groups is 1. The highest BCUT2D eigenvalue weighted by molar-refractivity contribution is 7.99. The van der Waals surface area contributed by atoms with E-state index in [0.29, 0.717) is 21.5 Å². The lowest BCUT2D eigenvalue weighted by Crippen LogP contribution is -2.41. The second-order valence-electron chi connectivity index (χ2n) is 7.38. The monoisotopic (exact) mass is 542 g/mol. The number of thioether (sulfide) groups is 1. The Balaban J connectivity index is 1.70. The van der Waals surface area contributed by atoms with E-state index in [1.165, 1.54) is 30.3 Å². The Labute approximate surface area is 211 Å². The number of alkyl halides is 3. The van der Waals surface area contributed by atoms with E-state index in [0.717, 1.165) is 23.1 Å². The van der Waals surface area contributed by atoms with E-state index in [1.807, 2.05) is 12.1 Å². The minimum absolute atomic E-state index is 0.135. The standard InChI is InChI=1S/C24H22ClF3N2O3S2/c25-19-10-12-21(13-11-19)34-15-5-14-29-23(31)17-30(35(32,33)22-8-2-1-3-9-22)20-7-4-6-18(16-20)24(26,27)28/h1-4,6-13,16H,5,14-15,17H2,(H,29,31). The van der Waals surface area contributed by atoms with Crippen molar-refractivity contribution in [3.8, 4) is 0 Å². The van der Waals surface area contributed by atoms with E-state index in [1.54, 1.807) is 30.0 Å². The molecule has 0 saturated carbocycles. The van der Waals surface area contributed by atoms with Gasteiger partial charge in [-0.15, -0.1) is 11.8 Å². The van der Waals surface area contributed by atoms with Gasteiger partial charge in [-0.3, -0.25) is 9.10 Å². The molecule has 0 saturated heterocycles. The maximum atomic E-state index is 13.2. The fraction of sp³-hybridized carbons (Fsp3) is 0.208. The van der Waals surface area contributed by atoms with E-state index in [2.05, 4.69) is 5.32 Å². The second-order valence-corrected chi connectivity index (χ2v) is 10.8. The number of hydrogen-bond donors (Lipinski definition) is 1. The number of sulfonamides is 1. The number of nitrogens with zero attached hydrogens (tertiary/aromatic N) is 1. The number of anilines is 1. The molecular formula is C24H22ClF3N2O3S2. The molecule has 3 aromatic carbocycles. The zero-order valence-electron chi connectivity index (χ0n) is 18.3. The molecule has 0 atom stereocenters. The zero-order chi connectivity index (χ0) is 25.5. The molecule has 0 heterocycles. The minimum atomic E-state index is -4.66. The van der Waals surface area contributed by atoms with Crippen LogP contribution >= 0.6 is 23.4 Å². The minimum Gasteiger partial charge on any atom is -0.354 e. The van der Waals surface area contributed by atoms with Crippen LogP contribution in [0.3, 0.4) is 0 Å². The summed E-state index contributed by atoms with van der Waals surface area (Å²) in [5.74, 6) is 0.0695. The van der Waals surface area contributed by atoms with Crippen LogP contribution in [-0.4, -0.2) is 33.2 Å². The summed E-state index contributed by atoms with van der Waals surface area (Å²) in [6, 6.07) is 18.5. The van der Waals surface area contributed by atoms with E-state index < -0.39 is 34.2 Å². The van der Waals surface area contributed by atoms with Crippen molar-refractivity contribution in [2.75, 3.05) is 23.1 Å². The predicted octanol–water partition coefficient (Wildman–Crippen LogP) is 5.85. The molecule has 3 rings (SSSR count). The summed E-state index contributed by atoms with van der Waals surface area (Å²) in [6.45, 7) is -0.385. The Kier molecular flexibility index (Phi) is 9.09. The Morgan fingerprint density at radius 3 is 2.31 bits per heavy atom. The van der Waals surface area contributed by atoms with Crippen LogP contribution in [-0.2, 0) is 21.0 Å². The van der Waals surface area contributed by atoms with Gasteiger partial charge in [0.25, 0.3) is 10.0 Å². The lowest BCUT2D eigenvalue weighted by Gasteiger charge is -2.25. The summed E-state index contributed by atoms with van der Waals surface area (Å²) in [5.41, 5.74) is -1.26. The molecule has 0 aliphatic carbocycles. The smallest absolute Gasteiger partial charge is 0.354 e. The molecule has 0 radical (unpaired) electrons. The van der Waals surface area contributed by atoms with Crippen LogP contribution in [0.2, 0.25) is 5.02 Å². The van der Waals surface area contributed by atoms with Gasteiger partial charge in [-0.25, -0.2) is 8.42 Å². The third-order valence-corrected chi connectivity index (χ3v) is 7.94. The Morgan fingerprint density at radius 2 is 1.66 bits per heavy atom. The summed E-state index contributed by atoms with van der Waals surface area (Å²) in [5, 5.41) is 3.28. The van der Waals surface area contributed by atoms with Crippen molar-refractivity contribution in [2.45, 2.75) is 22.4 Å². The average Bonchev–Trinajstić information content (AvgIpc) is 2.83. The van der Waals surface area contributed by atoms with Gasteiger partial charge in [0.2, 0.25) is 5.91 Å². The molecule has 11 heteroatoms. The van der Waals surface area contributed by atoms with Gasteiger partial charge in [0, 0.05) is 16.5 Å². The predicted molar refractivity (Wildman–Crippen MR) is 132 cm³/mol. The van der Waals surface area contributed by atoms with Crippen LogP contribution in [0.15, 0.2) is 88.7 Å². The van der Waals surface area contributed by atoms with E-state index in [4.69, 9.17) is 11.6 Å². The fourth-order valence-electron chi connectivity index (χ4n) is 3.08. The number of rotatable bonds is 10. The highest BCUT2D eigenvalue weighted by atomic mass is 35.5. The first-order valence-electron chi connectivity index (χ1n) is 10.5. The summed E-state index contributed by atoms with van der Waals surface area (Å²) in [7, 11) is -4.30. The largest absolute Gasteiger partial charge is 0.416 e. The van der Waals surface area contributed by atoms with Gasteiger partial charge in [-0.05, 0) is 66.8 Å². The summed E-state index contributed by atoms with van der Waals surface area (Å²) in [4.78, 5) is 13.5. The van der Waals surface area contributed by atoms with Crippen LogP contribution in [0.25, 0.3) is 0 Å². The zero-order valence-corrected chi connectivity index (χ0v) is 20.7. The first kappa shape index (κ1) is 26.9. The van der Waals surface area contributed by atoms with Gasteiger partial charge < -0.3 is 5.32 Å². The van der Waals surface area contributed by atoms with Gasteiger partial charge in [0.1, 0.15) is 6.54 Å². The second kappa shape index (κ2) is 11.8. The lowest BCUT2D eigenvalue weighted by atomic mass is 10.2. The maximum Gasteiger partial charge on any atom is 0.416 e. The molecule has 3 aromatic rings. The quantitative estimate of drug-likeness (QED) is 0.258. The van der Waals surface area contributed by atoms with Gasteiger partial charge in [0.05, 0.1) is 16.1 Å². The summed E-state index contributed by atoms with van der Waals surface area (Å²) in [6.07, 6.45) is -4.06. The number of nitrogens with one attached hydrogen (secondary N) is 1. The topological polar surface area (TPSA) is 66.5 Å². The molecule has 5 nitrogen and oxygen atoms in total. The SMILES string of the molecule is O=C(CN(c1cccc(C(F)(F)F)c1)S(=O)(=O)c1ccccc1)NCCCSc1ccc(Cl)cc1. The summed E-state index contributed by atoms with van der Waals surface area (Å²) >= 11 is 7.43. The highest BCUT2D eigenvalue weighted by Crippen LogP contribution is 2.33. The number of benzene rings is 3. The molecule has 35 heavy (non-hydrogen) atoms. The third-order valence-electron chi connectivity index (χ3n) is 4.81. The van der Waals surface area contributed by atoms with E-state index in [9.17, 15) is 26.4 Å². The lowest BCUT2D eigenvalue weighted by molar-refractivity contribution is -0.137. The Hall–Kier alpha value is -2.69. The molecule has 0 fully saturated rings. The molecule has 0 unspecified atom stereocenters. The average molecular weight is 543 g/mol. The number of halogens is 4. The van der Waals surface area contributed by atoms with Crippen molar-refractivity contribution in [3.05, 3.63) is 89.4 Å². The molecule has 0 spiro atoms. The molecule has 186 valence electrons. The number of carbonyl (C=O) groups excluding carboxylic acids is 1. The molecule has 1 amide bonds. The molecular weight excluding hydrogens is 521 g/mol. The summed E-state index contributed by atoms with van der Waals surface area (Å²) < 4.78 is 66.9. The van der Waals surface area contributed by atoms with Crippen LogP contribution in [0.1, 0.15) is 12.0 Å². The van der Waals surface area contributed by atoms with Crippen molar-refractivity contribution in [1.29, 1.82) is 0 Å². The Bertz CT molecular complexity index is 1240. The van der Waals surface area contributed by atoms with Crippen molar-refractivity contribution >= 4 is 45.0 Å². The maximum absolute atomic E-state index is 13.2. The van der Waals surface area contributed by atoms with Crippen molar-refractivity contribution in [1.82, 2.24) is 5.32 Å². The normalized spacial score (nSPS) is 11.8. The molecule has 0 aliphatic heterocycles. The molecule has 0 aromatic heterocycles. The third kappa shape index (κ3) is 7.65. The van der Waals surface area contributed by atoms with Crippen LogP contribution in [0, 0.1) is 0 Å². The van der Waals surface area contributed by atoms with Gasteiger partial charge >= 0.3 is 6.18 Å². The van der Waals surface area contributed by atoms with Crippen LogP contribution in [0.5, 0.6) is 0 Å². The molecule has 0 aliphatic rings. The highest BCUT2D eigenvalue weighted by Gasteiger charge is 2.33. The first-order valence-corrected chi connectivity index (χ1v) is 13.3. The van der Waals surface area contributed by atoms with Crippen LogP contribution in [0.4, 0.5) is 18.9 Å². The van der Waals surface area contributed by atoms with Crippen LogP contribution < -0.4 is 9.62 Å². The molecule has 0 bridgehead atoms. The van der Waals surface area contributed by atoms with Gasteiger partial charge in [-0.1, -0.05) is 35.9 Å². The first-order chi connectivity index (χ1) is 16.6. The van der Waals surface area contributed by atoms with Crippen molar-refractivity contribution in [3.63, 3.8) is 0 Å². The molecule has 1 N–H and O–H groups in total.